The van der Waals surface area contributed by atoms with Crippen LogP contribution in [0.25, 0.3) is 0 Å². The fourth-order valence-electron chi connectivity index (χ4n) is 0.957. The summed E-state index contributed by atoms with van der Waals surface area (Å²) in [5.74, 6) is -1.20. The van der Waals surface area contributed by atoms with Crippen molar-refractivity contribution < 1.29 is 23.9 Å². The quantitative estimate of drug-likeness (QED) is 0.354. The molecule has 1 aromatic rings. The highest BCUT2D eigenvalue weighted by Crippen LogP contribution is 2.22. The van der Waals surface area contributed by atoms with E-state index in [9.17, 15) is 9.36 Å². The lowest BCUT2D eigenvalue weighted by Gasteiger charge is -2.04. The molecular formula is C9H9O5P. The van der Waals surface area contributed by atoms with Gasteiger partial charge in [-0.1, -0.05) is 30.3 Å². The summed E-state index contributed by atoms with van der Waals surface area (Å²) >= 11 is 0. The second kappa shape index (κ2) is 5.34. The first-order chi connectivity index (χ1) is 7.15. The summed E-state index contributed by atoms with van der Waals surface area (Å²) in [7, 11) is -3.30. The van der Waals surface area contributed by atoms with Crippen LogP contribution in [0.4, 0.5) is 0 Å². The monoisotopic (exact) mass is 228 g/mol. The van der Waals surface area contributed by atoms with E-state index < -0.39 is 19.8 Å². The molecule has 1 unspecified atom stereocenters. The van der Waals surface area contributed by atoms with E-state index in [1.165, 1.54) is 12.1 Å². The van der Waals surface area contributed by atoms with Gasteiger partial charge >= 0.3 is 8.25 Å². The van der Waals surface area contributed by atoms with Crippen molar-refractivity contribution in [1.29, 1.82) is 0 Å². The molecule has 0 fully saturated rings. The third kappa shape index (κ3) is 3.23. The van der Waals surface area contributed by atoms with Gasteiger partial charge in [-0.3, -0.25) is 4.79 Å². The number of carbonyl (C=O) groups is 1. The summed E-state index contributed by atoms with van der Waals surface area (Å²) in [4.78, 5) is 20.0. The van der Waals surface area contributed by atoms with E-state index in [2.05, 4.69) is 4.52 Å². The summed E-state index contributed by atoms with van der Waals surface area (Å²) in [5.41, 5.74) is 0.265. The second-order valence-electron chi connectivity index (χ2n) is 2.56. The van der Waals surface area contributed by atoms with Crippen LogP contribution < -0.4 is 0 Å². The van der Waals surface area contributed by atoms with Crippen molar-refractivity contribution in [2.75, 3.05) is 0 Å². The molecule has 1 aromatic carbocycles. The molecule has 0 bridgehead atoms. The number of Topliss-reactive ketones (excluding diaryl/α,β-unsaturated/α-hetero) is 1. The fraction of sp³-hybridized carbons (Fsp3) is 0. The Hall–Kier alpha value is -1.58. The highest BCUT2D eigenvalue weighted by atomic mass is 31.1. The highest BCUT2D eigenvalue weighted by Gasteiger charge is 2.15. The molecule has 0 heterocycles. The molecule has 0 aliphatic heterocycles. The molecule has 0 aromatic heterocycles. The molecular weight excluding hydrogens is 219 g/mol. The molecule has 80 valence electrons. The van der Waals surface area contributed by atoms with Crippen molar-refractivity contribution in [3.63, 3.8) is 0 Å². The highest BCUT2D eigenvalue weighted by molar-refractivity contribution is 7.32. The van der Waals surface area contributed by atoms with Crippen LogP contribution in [0.3, 0.4) is 0 Å². The van der Waals surface area contributed by atoms with Crippen LogP contribution in [0.2, 0.25) is 0 Å². The standard InChI is InChI=1S/C9H9O5P/c10-6-8(14-15(12)13)9(11)7-4-2-1-3-5-7/h1-6,10,15H,(H,12,13). The molecule has 0 saturated carbocycles. The number of ketones is 1. The van der Waals surface area contributed by atoms with Crippen LogP contribution in [-0.2, 0) is 9.09 Å². The molecule has 15 heavy (non-hydrogen) atoms. The average molecular weight is 228 g/mol. The van der Waals surface area contributed by atoms with Crippen LogP contribution in [-0.4, -0.2) is 15.8 Å². The lowest BCUT2D eigenvalue weighted by molar-refractivity contribution is 0.0977. The van der Waals surface area contributed by atoms with Gasteiger partial charge in [0.1, 0.15) is 6.26 Å². The molecule has 0 radical (unpaired) electrons. The van der Waals surface area contributed by atoms with Gasteiger partial charge in [0.05, 0.1) is 0 Å². The molecule has 5 nitrogen and oxygen atoms in total. The van der Waals surface area contributed by atoms with Gasteiger partial charge < -0.3 is 14.5 Å². The summed E-state index contributed by atoms with van der Waals surface area (Å²) in [6, 6.07) is 7.98. The number of hydrogen-bond donors (Lipinski definition) is 2. The van der Waals surface area contributed by atoms with Crippen molar-refractivity contribution >= 4 is 14.0 Å². The number of benzene rings is 1. The number of aliphatic hydroxyl groups excluding tert-OH is 1. The molecule has 1 rings (SSSR count). The Morgan fingerprint density at radius 3 is 2.40 bits per heavy atom. The smallest absolute Gasteiger partial charge is 0.365 e. The first-order valence-electron chi connectivity index (χ1n) is 4.00. The number of carbonyl (C=O) groups excluding carboxylic acids is 1. The molecule has 6 heteroatoms. The van der Waals surface area contributed by atoms with Crippen molar-refractivity contribution in [3.05, 3.63) is 47.9 Å². The van der Waals surface area contributed by atoms with Crippen LogP contribution >= 0.6 is 8.25 Å². The fourth-order valence-corrected chi connectivity index (χ4v) is 1.29. The molecule has 1 atom stereocenters. The number of rotatable bonds is 4. The lowest BCUT2D eigenvalue weighted by Crippen LogP contribution is -2.04. The van der Waals surface area contributed by atoms with Crippen LogP contribution in [0.5, 0.6) is 0 Å². The van der Waals surface area contributed by atoms with E-state index in [0.717, 1.165) is 0 Å². The Kier molecular flexibility index (Phi) is 4.09. The molecule has 0 aliphatic carbocycles. The van der Waals surface area contributed by atoms with E-state index in [0.29, 0.717) is 6.26 Å². The molecule has 0 aliphatic rings. The number of hydrogen-bond acceptors (Lipinski definition) is 4. The maximum Gasteiger partial charge on any atom is 0.365 e. The average Bonchev–Trinajstić information content (AvgIpc) is 2.26. The maximum absolute atomic E-state index is 11.5. The molecule has 0 spiro atoms. The molecule has 2 N–H and O–H groups in total. The van der Waals surface area contributed by atoms with Gasteiger partial charge in [-0.2, -0.15) is 0 Å². The zero-order chi connectivity index (χ0) is 11.3. The van der Waals surface area contributed by atoms with Gasteiger partial charge in [-0.25, -0.2) is 4.57 Å². The van der Waals surface area contributed by atoms with Crippen molar-refractivity contribution in [3.8, 4) is 0 Å². The van der Waals surface area contributed by atoms with Crippen LogP contribution in [0, 0.1) is 0 Å². The van der Waals surface area contributed by atoms with Crippen molar-refractivity contribution in [2.24, 2.45) is 0 Å². The third-order valence-electron chi connectivity index (χ3n) is 1.57. The van der Waals surface area contributed by atoms with Gasteiger partial charge in [-0.15, -0.1) is 0 Å². The summed E-state index contributed by atoms with van der Waals surface area (Å²) in [6.07, 6.45) is 0.369. The van der Waals surface area contributed by atoms with E-state index in [1.807, 2.05) is 0 Å². The minimum atomic E-state index is -3.30. The Bertz CT molecular complexity index is 398. The Labute approximate surface area is 86.6 Å². The Morgan fingerprint density at radius 2 is 1.93 bits per heavy atom. The second-order valence-corrected chi connectivity index (χ2v) is 3.29. The normalized spacial score (nSPS) is 13.3. The number of allylic oxidation sites excluding steroid dienone is 1. The van der Waals surface area contributed by atoms with Gasteiger partial charge in [0, 0.05) is 5.56 Å². The van der Waals surface area contributed by atoms with Gasteiger partial charge in [0.2, 0.25) is 11.5 Å². The van der Waals surface area contributed by atoms with Crippen molar-refractivity contribution in [2.45, 2.75) is 0 Å². The largest absolute Gasteiger partial charge is 0.512 e. The van der Waals surface area contributed by atoms with E-state index in [4.69, 9.17) is 10.00 Å². The van der Waals surface area contributed by atoms with Gasteiger partial charge in [0.25, 0.3) is 0 Å². The summed E-state index contributed by atoms with van der Waals surface area (Å²) in [5, 5.41) is 8.67. The van der Waals surface area contributed by atoms with Crippen LogP contribution in [0.15, 0.2) is 42.4 Å². The van der Waals surface area contributed by atoms with Gasteiger partial charge in [-0.05, 0) is 0 Å². The van der Waals surface area contributed by atoms with E-state index in [1.54, 1.807) is 18.2 Å². The minimum absolute atomic E-state index is 0.265. The minimum Gasteiger partial charge on any atom is -0.512 e. The van der Waals surface area contributed by atoms with E-state index in [-0.39, 0.29) is 5.56 Å². The van der Waals surface area contributed by atoms with E-state index >= 15 is 0 Å². The molecule has 0 amide bonds. The topological polar surface area (TPSA) is 83.8 Å². The lowest BCUT2D eigenvalue weighted by atomic mass is 10.1. The zero-order valence-corrected chi connectivity index (χ0v) is 8.58. The maximum atomic E-state index is 11.5. The van der Waals surface area contributed by atoms with Crippen LogP contribution in [0.1, 0.15) is 10.4 Å². The number of aliphatic hydroxyl groups is 1. The zero-order valence-electron chi connectivity index (χ0n) is 7.58. The van der Waals surface area contributed by atoms with Gasteiger partial charge in [0.15, 0.2) is 0 Å². The predicted octanol–water partition coefficient (Wildman–Crippen LogP) is 1.67. The summed E-state index contributed by atoms with van der Waals surface area (Å²) in [6.45, 7) is 0. The first-order valence-corrected chi connectivity index (χ1v) is 5.26. The SMILES string of the molecule is O=C(C(=CO)O[PH](=O)O)c1ccccc1. The molecule has 0 saturated heterocycles. The predicted molar refractivity (Wildman–Crippen MR) is 53.8 cm³/mol. The summed E-state index contributed by atoms with van der Waals surface area (Å²) < 4.78 is 14.6. The third-order valence-corrected chi connectivity index (χ3v) is 1.97. The van der Waals surface area contributed by atoms with Crippen molar-refractivity contribution in [1.82, 2.24) is 0 Å². The first kappa shape index (κ1) is 11.5. The Morgan fingerprint density at radius 1 is 1.33 bits per heavy atom. The Balaban J connectivity index is 2.89.